The van der Waals surface area contributed by atoms with E-state index >= 15 is 0 Å². The molecule has 0 amide bonds. The predicted octanol–water partition coefficient (Wildman–Crippen LogP) is 1.14. The second kappa shape index (κ2) is 3.97. The van der Waals surface area contributed by atoms with Crippen molar-refractivity contribution in [1.82, 2.24) is 14.6 Å². The molecule has 0 aliphatic carbocycles. The van der Waals surface area contributed by atoms with Crippen LogP contribution in [0, 0.1) is 0 Å². The average molecular weight is 241 g/mol. The van der Waals surface area contributed by atoms with Gasteiger partial charge in [0.15, 0.2) is 5.82 Å². The Bertz CT molecular complexity index is 552. The summed E-state index contributed by atoms with van der Waals surface area (Å²) in [4.78, 5) is 15.5. The zero-order valence-electron chi connectivity index (χ0n) is 8.48. The standard InChI is InChI=1S/C9H9ClN4O2/c1-2-16-9(15)7-5-3-6(10)12-4-14(5)13-8(7)11/h3-4H,2H2,1H3,(H2,11,13). The Morgan fingerprint density at radius 1 is 1.69 bits per heavy atom. The second-order valence-corrected chi connectivity index (χ2v) is 3.41. The summed E-state index contributed by atoms with van der Waals surface area (Å²) in [5.74, 6) is -0.417. The molecule has 0 aromatic carbocycles. The molecule has 0 atom stereocenters. The van der Waals surface area contributed by atoms with Crippen LogP contribution in [0.3, 0.4) is 0 Å². The fourth-order valence-corrected chi connectivity index (χ4v) is 1.51. The van der Waals surface area contributed by atoms with Crippen LogP contribution in [0.4, 0.5) is 5.82 Å². The number of esters is 1. The van der Waals surface area contributed by atoms with E-state index in [0.717, 1.165) is 0 Å². The molecule has 2 rings (SSSR count). The number of hydrogen-bond donors (Lipinski definition) is 1. The van der Waals surface area contributed by atoms with Crippen molar-refractivity contribution >= 4 is 28.9 Å². The number of carbonyl (C=O) groups excluding carboxylic acids is 1. The average Bonchev–Trinajstić information content (AvgIpc) is 2.53. The van der Waals surface area contributed by atoms with Crippen molar-refractivity contribution in [3.05, 3.63) is 23.1 Å². The Labute approximate surface area is 96.0 Å². The summed E-state index contributed by atoms with van der Waals surface area (Å²) in [6.45, 7) is 1.99. The number of nitrogens with two attached hydrogens (primary N) is 1. The summed E-state index contributed by atoms with van der Waals surface area (Å²) in [6.07, 6.45) is 1.39. The lowest BCUT2D eigenvalue weighted by Crippen LogP contribution is -2.06. The maximum Gasteiger partial charge on any atom is 0.344 e. The van der Waals surface area contributed by atoms with Crippen LogP contribution in [-0.4, -0.2) is 27.2 Å². The van der Waals surface area contributed by atoms with E-state index in [2.05, 4.69) is 10.1 Å². The molecule has 84 valence electrons. The third kappa shape index (κ3) is 1.67. The molecule has 0 bridgehead atoms. The molecule has 2 heterocycles. The Kier molecular flexibility index (Phi) is 2.66. The third-order valence-corrected chi connectivity index (χ3v) is 2.21. The molecule has 0 aliphatic heterocycles. The minimum absolute atomic E-state index is 0.0996. The number of halogens is 1. The minimum Gasteiger partial charge on any atom is -0.462 e. The molecule has 6 nitrogen and oxygen atoms in total. The molecular weight excluding hydrogens is 232 g/mol. The van der Waals surface area contributed by atoms with Crippen molar-refractivity contribution in [2.24, 2.45) is 0 Å². The molecule has 2 N–H and O–H groups in total. The van der Waals surface area contributed by atoms with E-state index in [-0.39, 0.29) is 23.1 Å². The summed E-state index contributed by atoms with van der Waals surface area (Å²) in [5, 5.41) is 4.19. The Morgan fingerprint density at radius 2 is 2.44 bits per heavy atom. The zero-order valence-corrected chi connectivity index (χ0v) is 9.23. The lowest BCUT2D eigenvalue weighted by molar-refractivity contribution is 0.0530. The van der Waals surface area contributed by atoms with Gasteiger partial charge in [-0.15, -0.1) is 5.10 Å². The fourth-order valence-electron chi connectivity index (χ4n) is 1.36. The molecule has 2 aromatic heterocycles. The van der Waals surface area contributed by atoms with E-state index in [1.807, 2.05) is 0 Å². The van der Waals surface area contributed by atoms with Gasteiger partial charge in [0, 0.05) is 6.07 Å². The third-order valence-electron chi connectivity index (χ3n) is 2.00. The number of ether oxygens (including phenoxy) is 1. The van der Waals surface area contributed by atoms with Gasteiger partial charge in [-0.25, -0.2) is 14.3 Å². The van der Waals surface area contributed by atoms with E-state index < -0.39 is 5.97 Å². The van der Waals surface area contributed by atoms with Crippen molar-refractivity contribution in [3.63, 3.8) is 0 Å². The van der Waals surface area contributed by atoms with Crippen molar-refractivity contribution in [3.8, 4) is 0 Å². The first kappa shape index (κ1) is 10.7. The van der Waals surface area contributed by atoms with Crippen LogP contribution in [0.25, 0.3) is 5.52 Å². The first-order valence-corrected chi connectivity index (χ1v) is 4.97. The summed E-state index contributed by atoms with van der Waals surface area (Å²) in [6, 6.07) is 1.51. The van der Waals surface area contributed by atoms with Gasteiger partial charge in [-0.05, 0) is 6.92 Å². The van der Waals surface area contributed by atoms with E-state index in [0.29, 0.717) is 5.52 Å². The number of fused-ring (bicyclic) bond motifs is 1. The first-order valence-electron chi connectivity index (χ1n) is 4.60. The summed E-state index contributed by atoms with van der Waals surface area (Å²) in [5.41, 5.74) is 6.33. The second-order valence-electron chi connectivity index (χ2n) is 3.02. The number of nitrogen functional groups attached to an aromatic ring is 1. The lowest BCUT2D eigenvalue weighted by Gasteiger charge is -2.00. The number of nitrogens with zero attached hydrogens (tertiary/aromatic N) is 3. The van der Waals surface area contributed by atoms with Crippen LogP contribution >= 0.6 is 11.6 Å². The van der Waals surface area contributed by atoms with E-state index in [9.17, 15) is 4.79 Å². The van der Waals surface area contributed by atoms with Crippen molar-refractivity contribution in [1.29, 1.82) is 0 Å². The van der Waals surface area contributed by atoms with Gasteiger partial charge < -0.3 is 10.5 Å². The normalized spacial score (nSPS) is 10.6. The number of hydrogen-bond acceptors (Lipinski definition) is 5. The van der Waals surface area contributed by atoms with Gasteiger partial charge in [0.25, 0.3) is 0 Å². The molecule has 0 fully saturated rings. The quantitative estimate of drug-likeness (QED) is 0.629. The topological polar surface area (TPSA) is 82.5 Å². The first-order chi connectivity index (χ1) is 7.63. The van der Waals surface area contributed by atoms with Gasteiger partial charge in [0.2, 0.25) is 0 Å². The lowest BCUT2D eigenvalue weighted by atomic mass is 10.2. The van der Waals surface area contributed by atoms with Crippen molar-refractivity contribution in [2.75, 3.05) is 12.3 Å². The molecule has 0 radical (unpaired) electrons. The molecular formula is C9H9ClN4O2. The van der Waals surface area contributed by atoms with Crippen LogP contribution in [0.5, 0.6) is 0 Å². The highest BCUT2D eigenvalue weighted by Crippen LogP contribution is 2.20. The largest absolute Gasteiger partial charge is 0.462 e. The van der Waals surface area contributed by atoms with E-state index in [4.69, 9.17) is 22.1 Å². The van der Waals surface area contributed by atoms with Crippen molar-refractivity contribution in [2.45, 2.75) is 6.92 Å². The molecule has 0 aliphatic rings. The number of carbonyl (C=O) groups is 1. The maximum atomic E-state index is 11.6. The molecule has 2 aromatic rings. The summed E-state index contributed by atoms with van der Waals surface area (Å²) < 4.78 is 6.26. The number of aromatic nitrogens is 3. The van der Waals surface area contributed by atoms with Gasteiger partial charge in [0.1, 0.15) is 17.0 Å². The van der Waals surface area contributed by atoms with Crippen LogP contribution in [-0.2, 0) is 4.74 Å². The highest BCUT2D eigenvalue weighted by molar-refractivity contribution is 6.29. The number of rotatable bonds is 2. The van der Waals surface area contributed by atoms with Crippen LogP contribution in [0.2, 0.25) is 5.15 Å². The molecule has 0 saturated carbocycles. The van der Waals surface area contributed by atoms with Gasteiger partial charge in [0.05, 0.1) is 12.1 Å². The zero-order chi connectivity index (χ0) is 11.7. The molecule has 7 heteroatoms. The van der Waals surface area contributed by atoms with Crippen LogP contribution in [0.15, 0.2) is 12.4 Å². The van der Waals surface area contributed by atoms with Gasteiger partial charge >= 0.3 is 5.97 Å². The molecule has 0 unspecified atom stereocenters. The molecule has 0 saturated heterocycles. The minimum atomic E-state index is -0.516. The molecule has 0 spiro atoms. The Balaban J connectivity index is 2.62. The van der Waals surface area contributed by atoms with E-state index in [1.165, 1.54) is 16.9 Å². The Morgan fingerprint density at radius 3 is 3.12 bits per heavy atom. The van der Waals surface area contributed by atoms with Crippen molar-refractivity contribution < 1.29 is 9.53 Å². The van der Waals surface area contributed by atoms with Gasteiger partial charge in [-0.1, -0.05) is 11.6 Å². The SMILES string of the molecule is CCOC(=O)c1c(N)nn2cnc(Cl)cc12. The van der Waals surface area contributed by atoms with Crippen LogP contribution < -0.4 is 5.73 Å². The highest BCUT2D eigenvalue weighted by atomic mass is 35.5. The molecule has 16 heavy (non-hydrogen) atoms. The monoisotopic (exact) mass is 240 g/mol. The highest BCUT2D eigenvalue weighted by Gasteiger charge is 2.19. The smallest absolute Gasteiger partial charge is 0.344 e. The van der Waals surface area contributed by atoms with E-state index in [1.54, 1.807) is 6.92 Å². The predicted molar refractivity (Wildman–Crippen MR) is 58.4 cm³/mol. The summed E-state index contributed by atoms with van der Waals surface area (Å²) in [7, 11) is 0. The van der Waals surface area contributed by atoms with Gasteiger partial charge in [-0.3, -0.25) is 0 Å². The Hall–Kier alpha value is -1.82. The number of anilines is 1. The maximum absolute atomic E-state index is 11.6. The fraction of sp³-hybridized carbons (Fsp3) is 0.222. The van der Waals surface area contributed by atoms with Gasteiger partial charge in [-0.2, -0.15) is 0 Å². The van der Waals surface area contributed by atoms with Crippen LogP contribution in [0.1, 0.15) is 17.3 Å². The summed E-state index contributed by atoms with van der Waals surface area (Å²) >= 11 is 5.74.